The quantitative estimate of drug-likeness (QED) is 0.554. The molecule has 0 spiro atoms. The fraction of sp³-hybridized carbons (Fsp3) is 0.188. The molecule has 0 fully saturated rings. The van der Waals surface area contributed by atoms with E-state index in [0.29, 0.717) is 20.6 Å². The summed E-state index contributed by atoms with van der Waals surface area (Å²) in [6, 6.07) is 10.0. The van der Waals surface area contributed by atoms with Crippen molar-refractivity contribution in [1.29, 1.82) is 0 Å². The lowest BCUT2D eigenvalue weighted by Crippen LogP contribution is -2.26. The molecule has 0 aliphatic rings. The molecule has 0 bridgehead atoms. The van der Waals surface area contributed by atoms with E-state index in [9.17, 15) is 13.6 Å². The lowest BCUT2D eigenvalue weighted by Gasteiger charge is -2.13. The molecule has 2 aromatic rings. The van der Waals surface area contributed by atoms with Crippen LogP contribution in [0.4, 0.5) is 8.78 Å². The van der Waals surface area contributed by atoms with Crippen LogP contribution in [0.25, 0.3) is 11.3 Å². The van der Waals surface area contributed by atoms with Crippen molar-refractivity contribution >= 4 is 22.6 Å². The highest BCUT2D eigenvalue weighted by Gasteiger charge is 2.13. The molecule has 22 heavy (non-hydrogen) atoms. The Morgan fingerprint density at radius 2 is 1.91 bits per heavy atom. The minimum absolute atomic E-state index is 0.152. The van der Waals surface area contributed by atoms with Crippen molar-refractivity contribution in [2.75, 3.05) is 6.61 Å². The first-order valence-corrected chi connectivity index (χ1v) is 7.45. The van der Waals surface area contributed by atoms with Gasteiger partial charge in [-0.3, -0.25) is 4.79 Å². The van der Waals surface area contributed by atoms with E-state index in [2.05, 4.69) is 5.92 Å². The molecular weight excluding hydrogens is 403 g/mol. The molecule has 6 heteroatoms. The Morgan fingerprint density at radius 3 is 2.50 bits per heavy atom. The van der Waals surface area contributed by atoms with Gasteiger partial charge in [0.1, 0.15) is 12.4 Å². The van der Waals surface area contributed by atoms with Gasteiger partial charge in [-0.05, 0) is 64.6 Å². The summed E-state index contributed by atoms with van der Waals surface area (Å²) in [6.45, 7) is -0.487. The van der Waals surface area contributed by atoms with Crippen LogP contribution in [0.15, 0.2) is 41.2 Å². The van der Waals surface area contributed by atoms with Crippen LogP contribution in [0.5, 0.6) is 5.75 Å². The molecule has 0 unspecified atom stereocenters. The molecular formula is C16H12F2INO2. The number of ether oxygens (including phenoxy) is 1. The standard InChI is InChI=1S/C16H12F2INO2/c1-2-9-22-12-5-3-11(4-6-12)14-8-7-13(19)16(21)20(14)10-15(17)18/h1,3-8,15H,9-10H2. The van der Waals surface area contributed by atoms with E-state index in [1.807, 2.05) is 22.6 Å². The van der Waals surface area contributed by atoms with E-state index in [4.69, 9.17) is 11.2 Å². The van der Waals surface area contributed by atoms with Crippen molar-refractivity contribution in [2.45, 2.75) is 13.0 Å². The van der Waals surface area contributed by atoms with Gasteiger partial charge in [0.15, 0.2) is 0 Å². The van der Waals surface area contributed by atoms with Gasteiger partial charge < -0.3 is 9.30 Å². The highest BCUT2D eigenvalue weighted by Crippen LogP contribution is 2.22. The highest BCUT2D eigenvalue weighted by atomic mass is 127. The van der Waals surface area contributed by atoms with E-state index in [1.165, 1.54) is 0 Å². The number of rotatable bonds is 5. The monoisotopic (exact) mass is 415 g/mol. The first-order valence-electron chi connectivity index (χ1n) is 6.37. The summed E-state index contributed by atoms with van der Waals surface area (Å²) in [4.78, 5) is 12.1. The Bertz CT molecular complexity index is 748. The zero-order valence-corrected chi connectivity index (χ0v) is 13.6. The number of hydrogen-bond donors (Lipinski definition) is 0. The summed E-state index contributed by atoms with van der Waals surface area (Å²) in [5.74, 6) is 2.93. The number of benzene rings is 1. The Hall–Kier alpha value is -1.88. The lowest BCUT2D eigenvalue weighted by atomic mass is 10.1. The summed E-state index contributed by atoms with van der Waals surface area (Å²) in [5, 5.41) is 0. The van der Waals surface area contributed by atoms with E-state index >= 15 is 0 Å². The summed E-state index contributed by atoms with van der Waals surface area (Å²) < 4.78 is 32.2. The Kier molecular flexibility index (Phi) is 5.55. The minimum Gasteiger partial charge on any atom is -0.481 e. The number of pyridine rings is 1. The number of nitrogens with zero attached hydrogens (tertiary/aromatic N) is 1. The van der Waals surface area contributed by atoms with Crippen LogP contribution in [0, 0.1) is 15.9 Å². The van der Waals surface area contributed by atoms with Crippen LogP contribution in [-0.4, -0.2) is 17.6 Å². The van der Waals surface area contributed by atoms with Gasteiger partial charge in [-0.15, -0.1) is 6.42 Å². The number of alkyl halides is 2. The van der Waals surface area contributed by atoms with Crippen molar-refractivity contribution in [3.8, 4) is 29.4 Å². The molecule has 0 amide bonds. The summed E-state index contributed by atoms with van der Waals surface area (Å²) >= 11 is 1.84. The predicted octanol–water partition coefficient (Wildman–Crippen LogP) is 3.40. The maximum atomic E-state index is 12.7. The molecule has 0 radical (unpaired) electrons. The molecule has 3 nitrogen and oxygen atoms in total. The minimum atomic E-state index is -2.60. The van der Waals surface area contributed by atoms with Gasteiger partial charge in [-0.2, -0.15) is 0 Å². The number of aromatic nitrogens is 1. The molecule has 2 rings (SSSR count). The SMILES string of the molecule is C#CCOc1ccc(-c2ccc(I)c(=O)n2CC(F)F)cc1. The summed E-state index contributed by atoms with van der Waals surface area (Å²) in [6.07, 6.45) is 2.51. The van der Waals surface area contributed by atoms with Gasteiger partial charge in [0.05, 0.1) is 15.8 Å². The van der Waals surface area contributed by atoms with Crippen molar-refractivity contribution in [2.24, 2.45) is 0 Å². The average molecular weight is 415 g/mol. The van der Waals surface area contributed by atoms with Crippen LogP contribution in [0.2, 0.25) is 0 Å². The second-order valence-electron chi connectivity index (χ2n) is 4.39. The molecule has 1 heterocycles. The molecule has 0 saturated carbocycles. The van der Waals surface area contributed by atoms with Crippen molar-refractivity contribution < 1.29 is 13.5 Å². The second kappa shape index (κ2) is 7.40. The van der Waals surface area contributed by atoms with E-state index in [-0.39, 0.29) is 6.61 Å². The second-order valence-corrected chi connectivity index (χ2v) is 5.55. The number of halogens is 3. The van der Waals surface area contributed by atoms with Gasteiger partial charge in [0, 0.05) is 0 Å². The molecule has 0 saturated heterocycles. The molecule has 0 atom stereocenters. The van der Waals surface area contributed by atoms with Crippen LogP contribution < -0.4 is 10.3 Å². The first-order chi connectivity index (χ1) is 10.5. The number of terminal acetylenes is 1. The lowest BCUT2D eigenvalue weighted by molar-refractivity contribution is 0.125. The molecule has 0 aliphatic carbocycles. The molecule has 1 aromatic heterocycles. The van der Waals surface area contributed by atoms with Gasteiger partial charge in [0.2, 0.25) is 0 Å². The molecule has 1 aromatic carbocycles. The maximum Gasteiger partial charge on any atom is 0.264 e. The summed E-state index contributed by atoms with van der Waals surface area (Å²) in [7, 11) is 0. The Balaban J connectivity index is 2.42. The molecule has 0 aliphatic heterocycles. The average Bonchev–Trinajstić information content (AvgIpc) is 2.50. The molecule has 0 N–H and O–H groups in total. The van der Waals surface area contributed by atoms with Gasteiger partial charge in [-0.1, -0.05) is 5.92 Å². The van der Waals surface area contributed by atoms with Gasteiger partial charge >= 0.3 is 0 Å². The molecule has 114 valence electrons. The first kappa shape index (κ1) is 16.5. The Morgan fingerprint density at radius 1 is 1.23 bits per heavy atom. The van der Waals surface area contributed by atoms with E-state index < -0.39 is 18.5 Å². The zero-order chi connectivity index (χ0) is 16.1. The third kappa shape index (κ3) is 3.85. The summed E-state index contributed by atoms with van der Waals surface area (Å²) in [5.41, 5.74) is 0.669. The van der Waals surface area contributed by atoms with Crippen molar-refractivity contribution in [3.05, 3.63) is 50.3 Å². The van der Waals surface area contributed by atoms with Gasteiger partial charge in [0.25, 0.3) is 12.0 Å². The largest absolute Gasteiger partial charge is 0.481 e. The maximum absolute atomic E-state index is 12.7. The van der Waals surface area contributed by atoms with Crippen LogP contribution in [0.3, 0.4) is 0 Å². The van der Waals surface area contributed by atoms with E-state index in [0.717, 1.165) is 4.57 Å². The van der Waals surface area contributed by atoms with Crippen molar-refractivity contribution in [1.82, 2.24) is 4.57 Å². The zero-order valence-electron chi connectivity index (χ0n) is 11.4. The smallest absolute Gasteiger partial charge is 0.264 e. The van der Waals surface area contributed by atoms with Crippen LogP contribution >= 0.6 is 22.6 Å². The third-order valence-electron chi connectivity index (χ3n) is 2.92. The third-order valence-corrected chi connectivity index (χ3v) is 3.74. The van der Waals surface area contributed by atoms with Crippen LogP contribution in [-0.2, 0) is 6.54 Å². The van der Waals surface area contributed by atoms with E-state index in [1.54, 1.807) is 36.4 Å². The predicted molar refractivity (Wildman–Crippen MR) is 89.2 cm³/mol. The topological polar surface area (TPSA) is 31.2 Å². The normalized spacial score (nSPS) is 10.5. The highest BCUT2D eigenvalue weighted by molar-refractivity contribution is 14.1. The van der Waals surface area contributed by atoms with Crippen molar-refractivity contribution in [3.63, 3.8) is 0 Å². The fourth-order valence-corrected chi connectivity index (χ4v) is 2.44. The number of hydrogen-bond acceptors (Lipinski definition) is 2. The van der Waals surface area contributed by atoms with Crippen LogP contribution in [0.1, 0.15) is 0 Å². The fourth-order valence-electron chi connectivity index (χ4n) is 1.97. The Labute approximate surface area is 140 Å². The van der Waals surface area contributed by atoms with Gasteiger partial charge in [-0.25, -0.2) is 8.78 Å².